The van der Waals surface area contributed by atoms with Gasteiger partial charge in [0.1, 0.15) is 5.65 Å². The fourth-order valence-corrected chi connectivity index (χ4v) is 1.83. The highest BCUT2D eigenvalue weighted by atomic mass is 35.5. The molecule has 6 heteroatoms. The van der Waals surface area contributed by atoms with Crippen molar-refractivity contribution < 1.29 is 5.11 Å². The van der Waals surface area contributed by atoms with Gasteiger partial charge >= 0.3 is 0 Å². The number of halogens is 2. The molecule has 0 bridgehead atoms. The zero-order chi connectivity index (χ0) is 11.4. The Kier molecular flexibility index (Phi) is 5.71. The Labute approximate surface area is 111 Å². The largest absolute Gasteiger partial charge is 0.396 e. The normalized spacial score (nSPS) is 10.5. The Morgan fingerprint density at radius 2 is 2.24 bits per heavy atom. The van der Waals surface area contributed by atoms with Crippen LogP contribution in [0.15, 0.2) is 24.4 Å². The number of imidazole rings is 1. The van der Waals surface area contributed by atoms with E-state index in [1.165, 1.54) is 0 Å². The third-order valence-electron chi connectivity index (χ3n) is 2.38. The van der Waals surface area contributed by atoms with E-state index in [0.29, 0.717) is 11.7 Å². The molecule has 0 spiro atoms. The first-order valence-corrected chi connectivity index (χ1v) is 5.64. The second-order valence-electron chi connectivity index (χ2n) is 3.53. The number of nitrogens with zero attached hydrogens (tertiary/aromatic N) is 2. The lowest BCUT2D eigenvalue weighted by Crippen LogP contribution is -2.17. The lowest BCUT2D eigenvalue weighted by Gasteiger charge is -2.04. The van der Waals surface area contributed by atoms with Crippen molar-refractivity contribution in [1.29, 1.82) is 0 Å². The molecule has 0 radical (unpaired) electrons. The van der Waals surface area contributed by atoms with Gasteiger partial charge in [-0.05, 0) is 25.1 Å². The van der Waals surface area contributed by atoms with E-state index in [1.807, 2.05) is 28.8 Å². The van der Waals surface area contributed by atoms with Crippen LogP contribution in [0.3, 0.4) is 0 Å². The fourth-order valence-electron chi connectivity index (χ4n) is 1.59. The van der Waals surface area contributed by atoms with Gasteiger partial charge in [0.25, 0.3) is 0 Å². The molecule has 0 aliphatic carbocycles. The van der Waals surface area contributed by atoms with Crippen molar-refractivity contribution in [1.82, 2.24) is 14.7 Å². The molecule has 0 fully saturated rings. The zero-order valence-corrected chi connectivity index (χ0v) is 10.8. The average molecular weight is 276 g/mol. The number of hydrogen-bond donors (Lipinski definition) is 2. The van der Waals surface area contributed by atoms with Crippen LogP contribution in [0.4, 0.5) is 0 Å². The van der Waals surface area contributed by atoms with Crippen molar-refractivity contribution >= 4 is 29.7 Å². The van der Waals surface area contributed by atoms with Gasteiger partial charge in [-0.1, -0.05) is 17.7 Å². The van der Waals surface area contributed by atoms with E-state index in [2.05, 4.69) is 10.3 Å². The van der Waals surface area contributed by atoms with Crippen molar-refractivity contribution in [3.63, 3.8) is 0 Å². The molecule has 17 heavy (non-hydrogen) atoms. The molecule has 0 aliphatic heterocycles. The molecule has 0 saturated carbocycles. The monoisotopic (exact) mass is 275 g/mol. The third kappa shape index (κ3) is 3.33. The van der Waals surface area contributed by atoms with E-state index in [9.17, 15) is 0 Å². The number of rotatable bonds is 5. The molecule has 2 N–H and O–H groups in total. The topological polar surface area (TPSA) is 49.6 Å². The first kappa shape index (κ1) is 14.3. The van der Waals surface area contributed by atoms with Gasteiger partial charge in [0.15, 0.2) is 5.15 Å². The highest BCUT2D eigenvalue weighted by molar-refractivity contribution is 6.30. The second-order valence-corrected chi connectivity index (χ2v) is 3.89. The molecular formula is C11H15Cl2N3O. The summed E-state index contributed by atoms with van der Waals surface area (Å²) < 4.78 is 1.97. The van der Waals surface area contributed by atoms with Crippen LogP contribution in [0.5, 0.6) is 0 Å². The summed E-state index contributed by atoms with van der Waals surface area (Å²) in [7, 11) is 0. The van der Waals surface area contributed by atoms with E-state index in [1.54, 1.807) is 0 Å². The number of aliphatic hydroxyl groups excluding tert-OH is 1. The van der Waals surface area contributed by atoms with Gasteiger partial charge in [-0.15, -0.1) is 12.4 Å². The number of aromatic nitrogens is 2. The van der Waals surface area contributed by atoms with Gasteiger partial charge in [0.05, 0.1) is 5.69 Å². The molecule has 0 saturated heterocycles. The van der Waals surface area contributed by atoms with Gasteiger partial charge in [0, 0.05) is 19.3 Å². The standard InChI is InChI=1S/C11H14ClN3O.ClH/c12-11-9(8-13-5-3-7-16)15-6-2-1-4-10(15)14-11;/h1-2,4,6,13,16H,3,5,7-8H2;1H. The molecule has 0 unspecified atom stereocenters. The van der Waals surface area contributed by atoms with E-state index in [-0.39, 0.29) is 19.0 Å². The van der Waals surface area contributed by atoms with Crippen LogP contribution >= 0.6 is 24.0 Å². The molecular weight excluding hydrogens is 261 g/mol. The first-order valence-electron chi connectivity index (χ1n) is 5.26. The maximum absolute atomic E-state index is 8.67. The molecule has 2 aromatic heterocycles. The minimum Gasteiger partial charge on any atom is -0.396 e. The zero-order valence-electron chi connectivity index (χ0n) is 9.27. The molecule has 2 aromatic rings. The van der Waals surface area contributed by atoms with Crippen LogP contribution in [-0.4, -0.2) is 27.6 Å². The molecule has 0 atom stereocenters. The van der Waals surface area contributed by atoms with Gasteiger partial charge in [0.2, 0.25) is 0 Å². The molecule has 0 aliphatic rings. The van der Waals surface area contributed by atoms with Crippen molar-refractivity contribution in [3.05, 3.63) is 35.2 Å². The van der Waals surface area contributed by atoms with Crippen molar-refractivity contribution in [2.45, 2.75) is 13.0 Å². The molecule has 0 aromatic carbocycles. The van der Waals surface area contributed by atoms with E-state index in [4.69, 9.17) is 16.7 Å². The van der Waals surface area contributed by atoms with E-state index >= 15 is 0 Å². The Morgan fingerprint density at radius 3 is 3.00 bits per heavy atom. The third-order valence-corrected chi connectivity index (χ3v) is 2.69. The van der Waals surface area contributed by atoms with Crippen LogP contribution in [0.2, 0.25) is 5.15 Å². The molecule has 0 amide bonds. The molecule has 2 heterocycles. The highest BCUT2D eigenvalue weighted by Crippen LogP contribution is 2.16. The number of fused-ring (bicyclic) bond motifs is 1. The van der Waals surface area contributed by atoms with Crippen LogP contribution in [0, 0.1) is 0 Å². The lowest BCUT2D eigenvalue weighted by atomic mass is 10.4. The predicted octanol–water partition coefficient (Wildman–Crippen LogP) is 1.88. The number of pyridine rings is 1. The number of hydrogen-bond acceptors (Lipinski definition) is 3. The second kappa shape index (κ2) is 6.81. The smallest absolute Gasteiger partial charge is 0.152 e. The summed E-state index contributed by atoms with van der Waals surface area (Å²) in [5.41, 5.74) is 1.81. The average Bonchev–Trinajstić information content (AvgIpc) is 2.61. The maximum Gasteiger partial charge on any atom is 0.152 e. The Hall–Kier alpha value is -0.810. The highest BCUT2D eigenvalue weighted by Gasteiger charge is 2.08. The summed E-state index contributed by atoms with van der Waals surface area (Å²) >= 11 is 6.06. The summed E-state index contributed by atoms with van der Waals surface area (Å²) in [4.78, 5) is 4.25. The lowest BCUT2D eigenvalue weighted by molar-refractivity contribution is 0.286. The minimum atomic E-state index is 0. The van der Waals surface area contributed by atoms with Gasteiger partial charge < -0.3 is 14.8 Å². The van der Waals surface area contributed by atoms with Crippen molar-refractivity contribution in [2.24, 2.45) is 0 Å². The minimum absolute atomic E-state index is 0. The van der Waals surface area contributed by atoms with E-state index in [0.717, 1.165) is 24.3 Å². The Morgan fingerprint density at radius 1 is 1.41 bits per heavy atom. The van der Waals surface area contributed by atoms with Crippen LogP contribution in [0.25, 0.3) is 5.65 Å². The summed E-state index contributed by atoms with van der Waals surface area (Å²) in [6.07, 6.45) is 2.69. The van der Waals surface area contributed by atoms with E-state index < -0.39 is 0 Å². The van der Waals surface area contributed by atoms with Crippen LogP contribution in [0.1, 0.15) is 12.1 Å². The quantitative estimate of drug-likeness (QED) is 0.820. The maximum atomic E-state index is 8.67. The number of aliphatic hydroxyl groups is 1. The summed E-state index contributed by atoms with van der Waals surface area (Å²) in [5.74, 6) is 0. The number of nitrogens with one attached hydrogen (secondary N) is 1. The van der Waals surface area contributed by atoms with Crippen molar-refractivity contribution in [3.8, 4) is 0 Å². The van der Waals surface area contributed by atoms with Gasteiger partial charge in [-0.2, -0.15) is 0 Å². The summed E-state index contributed by atoms with van der Waals surface area (Å²) in [5, 5.41) is 12.4. The summed E-state index contributed by atoms with van der Waals surface area (Å²) in [6.45, 7) is 1.63. The summed E-state index contributed by atoms with van der Waals surface area (Å²) in [6, 6.07) is 5.80. The predicted molar refractivity (Wildman–Crippen MR) is 70.9 cm³/mol. The van der Waals surface area contributed by atoms with Gasteiger partial charge in [-0.3, -0.25) is 0 Å². The molecule has 4 nitrogen and oxygen atoms in total. The Bertz CT molecular complexity index is 473. The SMILES string of the molecule is Cl.OCCCNCc1c(Cl)nc2ccccn12. The Balaban J connectivity index is 0.00000144. The first-order chi connectivity index (χ1) is 7.83. The fraction of sp³-hybridized carbons (Fsp3) is 0.364. The van der Waals surface area contributed by atoms with Crippen molar-refractivity contribution in [2.75, 3.05) is 13.2 Å². The molecule has 94 valence electrons. The molecule has 2 rings (SSSR count). The van der Waals surface area contributed by atoms with Gasteiger partial charge in [-0.25, -0.2) is 4.98 Å². The van der Waals surface area contributed by atoms with Crippen LogP contribution < -0.4 is 5.32 Å². The van der Waals surface area contributed by atoms with Crippen LogP contribution in [-0.2, 0) is 6.54 Å².